The summed E-state index contributed by atoms with van der Waals surface area (Å²) in [6, 6.07) is 2.96. The molecule has 2 rings (SSSR count). The van der Waals surface area contributed by atoms with Crippen LogP contribution in [-0.2, 0) is 13.8 Å². The van der Waals surface area contributed by atoms with Crippen LogP contribution < -0.4 is 5.32 Å². The van der Waals surface area contributed by atoms with Crippen LogP contribution >= 0.6 is 22.0 Å². The molecule has 1 heterocycles. The fraction of sp³-hybridized carbons (Fsp3) is 0.545. The van der Waals surface area contributed by atoms with Crippen molar-refractivity contribution in [3.63, 3.8) is 0 Å². The SMILES string of the molecule is CC(NC(=O)CC1CC1)c1ccc(S(=O)(=O)Cl)s1. The molecule has 1 fully saturated rings. The van der Waals surface area contributed by atoms with Crippen LogP contribution in [-0.4, -0.2) is 14.3 Å². The van der Waals surface area contributed by atoms with E-state index in [9.17, 15) is 13.2 Å². The Bertz CT molecular complexity index is 548. The van der Waals surface area contributed by atoms with Gasteiger partial charge in [0.25, 0.3) is 9.05 Å². The Labute approximate surface area is 115 Å². The third-order valence-corrected chi connectivity index (χ3v) is 6.18. The van der Waals surface area contributed by atoms with Gasteiger partial charge in [-0.25, -0.2) is 8.42 Å². The van der Waals surface area contributed by atoms with Crippen LogP contribution in [0.25, 0.3) is 0 Å². The molecule has 1 N–H and O–H groups in total. The number of nitrogens with one attached hydrogen (secondary N) is 1. The molecule has 100 valence electrons. The van der Waals surface area contributed by atoms with Gasteiger partial charge < -0.3 is 5.32 Å². The van der Waals surface area contributed by atoms with Crippen molar-refractivity contribution in [2.45, 2.75) is 36.4 Å². The van der Waals surface area contributed by atoms with Gasteiger partial charge in [0, 0.05) is 22.0 Å². The van der Waals surface area contributed by atoms with Crippen LogP contribution in [0, 0.1) is 5.92 Å². The second-order valence-electron chi connectivity index (χ2n) is 4.53. The average Bonchev–Trinajstić information content (AvgIpc) is 2.91. The van der Waals surface area contributed by atoms with Gasteiger partial charge in [-0.1, -0.05) is 0 Å². The Morgan fingerprint density at radius 2 is 2.22 bits per heavy atom. The summed E-state index contributed by atoms with van der Waals surface area (Å²) in [5, 5.41) is 2.87. The number of amides is 1. The number of carbonyl (C=O) groups excluding carboxylic acids is 1. The molecular weight excluding hydrogens is 294 g/mol. The van der Waals surface area contributed by atoms with E-state index in [1.165, 1.54) is 6.07 Å². The first kappa shape index (κ1) is 13.8. The lowest BCUT2D eigenvalue weighted by Gasteiger charge is -2.11. The number of rotatable bonds is 5. The molecule has 1 aliphatic carbocycles. The van der Waals surface area contributed by atoms with Crippen molar-refractivity contribution in [2.75, 3.05) is 0 Å². The molecule has 0 aromatic carbocycles. The summed E-state index contributed by atoms with van der Waals surface area (Å²) in [5.74, 6) is 0.563. The smallest absolute Gasteiger partial charge is 0.270 e. The molecule has 7 heteroatoms. The lowest BCUT2D eigenvalue weighted by atomic mass is 10.2. The van der Waals surface area contributed by atoms with Gasteiger partial charge in [-0.3, -0.25) is 4.79 Å². The molecule has 1 aromatic rings. The Balaban J connectivity index is 1.97. The molecule has 0 saturated heterocycles. The number of hydrogen-bond acceptors (Lipinski definition) is 4. The molecule has 1 aliphatic rings. The van der Waals surface area contributed by atoms with Gasteiger partial charge in [0.1, 0.15) is 4.21 Å². The molecule has 1 amide bonds. The Morgan fingerprint density at radius 3 is 2.72 bits per heavy atom. The first-order valence-electron chi connectivity index (χ1n) is 5.70. The van der Waals surface area contributed by atoms with Crippen molar-refractivity contribution in [3.8, 4) is 0 Å². The second kappa shape index (κ2) is 5.19. The zero-order valence-electron chi connectivity index (χ0n) is 9.85. The van der Waals surface area contributed by atoms with E-state index in [0.29, 0.717) is 12.3 Å². The van der Waals surface area contributed by atoms with Gasteiger partial charge in [-0.15, -0.1) is 11.3 Å². The zero-order chi connectivity index (χ0) is 13.3. The highest BCUT2D eigenvalue weighted by Crippen LogP contribution is 2.33. The summed E-state index contributed by atoms with van der Waals surface area (Å²) in [6.07, 6.45) is 2.83. The predicted molar refractivity (Wildman–Crippen MR) is 71.3 cm³/mol. The van der Waals surface area contributed by atoms with E-state index in [0.717, 1.165) is 29.1 Å². The standard InChI is InChI=1S/C11H14ClNO3S2/c1-7(13-10(14)6-8-2-3-8)9-4-5-11(17-9)18(12,15)16/h4-5,7-8H,2-3,6H2,1H3,(H,13,14). The van der Waals surface area contributed by atoms with E-state index < -0.39 is 9.05 Å². The minimum absolute atomic E-state index is 0.0219. The molecule has 0 aliphatic heterocycles. The summed E-state index contributed by atoms with van der Waals surface area (Å²) in [4.78, 5) is 12.4. The molecule has 18 heavy (non-hydrogen) atoms. The van der Waals surface area contributed by atoms with Gasteiger partial charge in [0.05, 0.1) is 6.04 Å². The molecule has 1 unspecified atom stereocenters. The van der Waals surface area contributed by atoms with Crippen LogP contribution in [0.15, 0.2) is 16.3 Å². The van der Waals surface area contributed by atoms with E-state index >= 15 is 0 Å². The van der Waals surface area contributed by atoms with E-state index in [2.05, 4.69) is 5.32 Å². The predicted octanol–water partition coefficient (Wildman–Crippen LogP) is 2.65. The fourth-order valence-corrected chi connectivity index (χ4v) is 3.75. The monoisotopic (exact) mass is 307 g/mol. The highest BCUT2D eigenvalue weighted by Gasteiger charge is 2.25. The molecule has 0 bridgehead atoms. The summed E-state index contributed by atoms with van der Waals surface area (Å²) in [7, 11) is 1.58. The molecule has 0 radical (unpaired) electrons. The first-order chi connectivity index (χ1) is 8.36. The average molecular weight is 308 g/mol. The van der Waals surface area contributed by atoms with E-state index in [-0.39, 0.29) is 16.2 Å². The molecule has 4 nitrogen and oxygen atoms in total. The van der Waals surface area contributed by atoms with Crippen molar-refractivity contribution in [2.24, 2.45) is 5.92 Å². The summed E-state index contributed by atoms with van der Waals surface area (Å²) in [5.41, 5.74) is 0. The van der Waals surface area contributed by atoms with E-state index in [1.807, 2.05) is 6.92 Å². The highest BCUT2D eigenvalue weighted by atomic mass is 35.7. The molecular formula is C11H14ClNO3S2. The third kappa shape index (κ3) is 3.70. The molecule has 1 saturated carbocycles. The maximum atomic E-state index is 11.6. The third-order valence-electron chi connectivity index (χ3n) is 2.82. The number of hydrogen-bond donors (Lipinski definition) is 1. The zero-order valence-corrected chi connectivity index (χ0v) is 12.2. The Hall–Kier alpha value is -0.590. The van der Waals surface area contributed by atoms with Gasteiger partial charge in [-0.2, -0.15) is 0 Å². The number of carbonyl (C=O) groups is 1. The summed E-state index contributed by atoms with van der Waals surface area (Å²) >= 11 is 1.09. The maximum Gasteiger partial charge on any atom is 0.270 e. The quantitative estimate of drug-likeness (QED) is 0.851. The van der Waals surface area contributed by atoms with Crippen molar-refractivity contribution in [1.82, 2.24) is 5.32 Å². The Morgan fingerprint density at radius 1 is 1.56 bits per heavy atom. The fourth-order valence-electron chi connectivity index (χ4n) is 1.65. The van der Waals surface area contributed by atoms with Crippen LogP contribution in [0.2, 0.25) is 0 Å². The normalized spacial score (nSPS) is 17.4. The van der Waals surface area contributed by atoms with Gasteiger partial charge >= 0.3 is 0 Å². The van der Waals surface area contributed by atoms with Crippen molar-refractivity contribution >= 4 is 37.0 Å². The summed E-state index contributed by atoms with van der Waals surface area (Å²) in [6.45, 7) is 1.83. The van der Waals surface area contributed by atoms with Crippen molar-refractivity contribution in [3.05, 3.63) is 17.0 Å². The van der Waals surface area contributed by atoms with Crippen molar-refractivity contribution < 1.29 is 13.2 Å². The molecule has 1 atom stereocenters. The highest BCUT2D eigenvalue weighted by molar-refractivity contribution is 8.15. The second-order valence-corrected chi connectivity index (χ2v) is 8.44. The van der Waals surface area contributed by atoms with Crippen LogP contribution in [0.1, 0.15) is 37.1 Å². The van der Waals surface area contributed by atoms with E-state index in [4.69, 9.17) is 10.7 Å². The van der Waals surface area contributed by atoms with Crippen molar-refractivity contribution in [1.29, 1.82) is 0 Å². The lowest BCUT2D eigenvalue weighted by Crippen LogP contribution is -2.26. The van der Waals surface area contributed by atoms with Crippen LogP contribution in [0.5, 0.6) is 0 Å². The topological polar surface area (TPSA) is 63.2 Å². The van der Waals surface area contributed by atoms with Crippen LogP contribution in [0.4, 0.5) is 0 Å². The van der Waals surface area contributed by atoms with Crippen LogP contribution in [0.3, 0.4) is 0 Å². The Kier molecular flexibility index (Phi) is 3.99. The maximum absolute atomic E-state index is 11.6. The van der Waals surface area contributed by atoms with Gasteiger partial charge in [-0.05, 0) is 37.8 Å². The first-order valence-corrected chi connectivity index (χ1v) is 8.82. The van der Waals surface area contributed by atoms with E-state index in [1.54, 1.807) is 6.07 Å². The largest absolute Gasteiger partial charge is 0.349 e. The number of thiophene rings is 1. The minimum atomic E-state index is -3.67. The lowest BCUT2D eigenvalue weighted by molar-refractivity contribution is -0.122. The molecule has 0 spiro atoms. The molecule has 1 aromatic heterocycles. The minimum Gasteiger partial charge on any atom is -0.349 e. The van der Waals surface area contributed by atoms with Gasteiger partial charge in [0.15, 0.2) is 0 Å². The van der Waals surface area contributed by atoms with Gasteiger partial charge in [0.2, 0.25) is 5.91 Å². The number of halogens is 1. The summed E-state index contributed by atoms with van der Waals surface area (Å²) < 4.78 is 22.4.